The molecule has 0 saturated carbocycles. The summed E-state index contributed by atoms with van der Waals surface area (Å²) in [5.41, 5.74) is 15.3. The molecule has 4 rings (SSSR count). The van der Waals surface area contributed by atoms with E-state index >= 15 is 0 Å². The molecule has 0 aromatic heterocycles. The van der Waals surface area contributed by atoms with Crippen LogP contribution in [-0.2, 0) is 4.79 Å². The largest absolute Gasteiger partial charge is 0.350 e. The fourth-order valence-corrected chi connectivity index (χ4v) is 4.94. The van der Waals surface area contributed by atoms with Crippen molar-refractivity contribution in [1.29, 1.82) is 0 Å². The molecule has 4 fully saturated rings. The number of alkyl halides is 1. The number of nitrogens with two attached hydrogens (primary N) is 2. The Morgan fingerprint density at radius 2 is 1.93 bits per heavy atom. The number of rotatable bonds is 3. The van der Waals surface area contributed by atoms with Gasteiger partial charge in [-0.15, -0.1) is 0 Å². The van der Waals surface area contributed by atoms with Gasteiger partial charge in [-0.3, -0.25) is 15.0 Å². The van der Waals surface area contributed by atoms with E-state index in [0.29, 0.717) is 12.1 Å². The first-order chi connectivity index (χ1) is 13.0. The normalized spacial score (nSPS) is 42.0. The number of fused-ring (bicyclic) bond motifs is 1. The topological polar surface area (TPSA) is 124 Å². The number of hydrogen-bond acceptors (Lipinski definition) is 8. The first-order valence-corrected chi connectivity index (χ1v) is 10.2. The zero-order valence-electron chi connectivity index (χ0n) is 15.7. The molecule has 4 saturated heterocycles. The van der Waals surface area contributed by atoms with Gasteiger partial charge >= 0.3 is 0 Å². The molecule has 0 aromatic rings. The highest BCUT2D eigenvalue weighted by atomic mass is 19.1. The van der Waals surface area contributed by atoms with Gasteiger partial charge in [0.25, 0.3) is 0 Å². The fourth-order valence-electron chi connectivity index (χ4n) is 4.94. The van der Waals surface area contributed by atoms with Crippen LogP contribution in [-0.4, -0.2) is 91.7 Å². The molecule has 6 unspecified atom stereocenters. The number of nitrogens with one attached hydrogen (secondary N) is 4. The molecule has 0 aliphatic carbocycles. The third kappa shape index (κ3) is 4.12. The van der Waals surface area contributed by atoms with Crippen LogP contribution in [0.3, 0.4) is 0 Å². The van der Waals surface area contributed by atoms with E-state index in [4.69, 9.17) is 11.5 Å². The Hall–Kier alpha value is -0.880. The quantitative estimate of drug-likeness (QED) is 0.309. The molecule has 6 atom stereocenters. The summed E-state index contributed by atoms with van der Waals surface area (Å²) >= 11 is 0. The van der Waals surface area contributed by atoms with Crippen LogP contribution in [0.4, 0.5) is 4.39 Å². The van der Waals surface area contributed by atoms with Gasteiger partial charge in [0.15, 0.2) is 0 Å². The highest BCUT2D eigenvalue weighted by Gasteiger charge is 2.47. The summed E-state index contributed by atoms with van der Waals surface area (Å²) in [5.74, 6) is -0.519. The molecule has 0 bridgehead atoms. The summed E-state index contributed by atoms with van der Waals surface area (Å²) in [4.78, 5) is 15.6. The van der Waals surface area contributed by atoms with Gasteiger partial charge in [0, 0.05) is 31.7 Å². The lowest BCUT2D eigenvalue weighted by atomic mass is 9.94. The molecule has 10 heteroatoms. The molecular formula is C17H33FN8O. The highest BCUT2D eigenvalue weighted by Crippen LogP contribution is 2.23. The zero-order chi connectivity index (χ0) is 19.0. The standard InChI is InChI=1S/C17H33FN8O/c18-10-7-22-16-14(15(20)24-26(16)9-10)17(27)23-12-8-21-4-1-13(12)25-5-2-11(19)3-6-25/h10-16,21-22,24H,1-9,19-20H2,(H,23,27). The number of hydrazine groups is 1. The Balaban J connectivity index is 1.40. The van der Waals surface area contributed by atoms with E-state index in [9.17, 15) is 9.18 Å². The van der Waals surface area contributed by atoms with E-state index < -0.39 is 18.3 Å². The van der Waals surface area contributed by atoms with Crippen LogP contribution in [0.5, 0.6) is 0 Å². The smallest absolute Gasteiger partial charge is 0.229 e. The van der Waals surface area contributed by atoms with Crippen LogP contribution in [0.15, 0.2) is 0 Å². The molecule has 1 amide bonds. The second-order valence-corrected chi connectivity index (χ2v) is 8.33. The van der Waals surface area contributed by atoms with Crippen molar-refractivity contribution >= 4 is 5.91 Å². The molecule has 9 nitrogen and oxygen atoms in total. The van der Waals surface area contributed by atoms with E-state index in [1.807, 2.05) is 0 Å². The Morgan fingerprint density at radius 3 is 2.70 bits per heavy atom. The third-order valence-corrected chi connectivity index (χ3v) is 6.44. The van der Waals surface area contributed by atoms with Crippen molar-refractivity contribution in [3.05, 3.63) is 0 Å². The van der Waals surface area contributed by atoms with Crippen LogP contribution in [0.2, 0.25) is 0 Å². The molecule has 0 radical (unpaired) electrons. The first-order valence-electron chi connectivity index (χ1n) is 10.2. The number of nitrogens with zero attached hydrogens (tertiary/aromatic N) is 2. The number of carbonyl (C=O) groups is 1. The van der Waals surface area contributed by atoms with Crippen LogP contribution < -0.4 is 32.8 Å². The maximum absolute atomic E-state index is 13.6. The zero-order valence-corrected chi connectivity index (χ0v) is 15.7. The lowest BCUT2D eigenvalue weighted by molar-refractivity contribution is -0.128. The predicted molar refractivity (Wildman–Crippen MR) is 100.0 cm³/mol. The van der Waals surface area contributed by atoms with Crippen LogP contribution >= 0.6 is 0 Å². The summed E-state index contributed by atoms with van der Waals surface area (Å²) in [5, 5.41) is 11.5. The average Bonchev–Trinajstić information content (AvgIpc) is 2.98. The Kier molecular flexibility index (Phi) is 5.93. The Morgan fingerprint density at radius 1 is 1.15 bits per heavy atom. The van der Waals surface area contributed by atoms with E-state index in [-0.39, 0.29) is 31.2 Å². The van der Waals surface area contributed by atoms with Crippen molar-refractivity contribution in [2.24, 2.45) is 17.4 Å². The van der Waals surface area contributed by atoms with Gasteiger partial charge in [-0.25, -0.2) is 14.8 Å². The van der Waals surface area contributed by atoms with E-state index in [1.54, 1.807) is 5.01 Å². The molecule has 0 spiro atoms. The molecule has 154 valence electrons. The van der Waals surface area contributed by atoms with Gasteiger partial charge in [-0.1, -0.05) is 0 Å². The van der Waals surface area contributed by atoms with Crippen molar-refractivity contribution in [2.75, 3.05) is 39.3 Å². The lowest BCUT2D eigenvalue weighted by Crippen LogP contribution is -2.64. The van der Waals surface area contributed by atoms with Crippen LogP contribution in [0.1, 0.15) is 19.3 Å². The number of hydrogen-bond donors (Lipinski definition) is 6. The van der Waals surface area contributed by atoms with E-state index in [0.717, 1.165) is 45.4 Å². The van der Waals surface area contributed by atoms with Crippen LogP contribution in [0.25, 0.3) is 0 Å². The second kappa shape index (κ2) is 8.24. The molecule has 4 heterocycles. The second-order valence-electron chi connectivity index (χ2n) is 8.33. The minimum Gasteiger partial charge on any atom is -0.350 e. The lowest BCUT2D eigenvalue weighted by Gasteiger charge is -2.43. The summed E-state index contributed by atoms with van der Waals surface area (Å²) in [6, 6.07) is 0.652. The van der Waals surface area contributed by atoms with Gasteiger partial charge in [0.1, 0.15) is 6.17 Å². The minimum atomic E-state index is -0.958. The number of carbonyl (C=O) groups excluding carboxylic acids is 1. The summed E-state index contributed by atoms with van der Waals surface area (Å²) < 4.78 is 13.6. The molecule has 4 aliphatic rings. The fraction of sp³-hybridized carbons (Fsp3) is 0.941. The number of amides is 1. The maximum atomic E-state index is 13.6. The van der Waals surface area contributed by atoms with Gasteiger partial charge in [0.05, 0.1) is 24.3 Å². The first kappa shape index (κ1) is 19.4. The molecule has 27 heavy (non-hydrogen) atoms. The molecule has 0 aromatic carbocycles. The molecule has 8 N–H and O–H groups in total. The number of halogens is 1. The maximum Gasteiger partial charge on any atom is 0.229 e. The van der Waals surface area contributed by atoms with Gasteiger partial charge in [-0.2, -0.15) is 0 Å². The summed E-state index contributed by atoms with van der Waals surface area (Å²) in [6.07, 6.45) is 1.28. The summed E-state index contributed by atoms with van der Waals surface area (Å²) in [7, 11) is 0. The van der Waals surface area contributed by atoms with Crippen LogP contribution in [0, 0.1) is 5.92 Å². The third-order valence-electron chi connectivity index (χ3n) is 6.44. The van der Waals surface area contributed by atoms with Crippen molar-refractivity contribution in [3.8, 4) is 0 Å². The molecule has 4 aliphatic heterocycles. The summed E-state index contributed by atoms with van der Waals surface area (Å²) in [6.45, 7) is 4.18. The van der Waals surface area contributed by atoms with E-state index in [1.165, 1.54) is 0 Å². The average molecular weight is 385 g/mol. The van der Waals surface area contributed by atoms with E-state index in [2.05, 4.69) is 26.3 Å². The van der Waals surface area contributed by atoms with Gasteiger partial charge < -0.3 is 22.1 Å². The van der Waals surface area contributed by atoms with Crippen molar-refractivity contribution < 1.29 is 9.18 Å². The van der Waals surface area contributed by atoms with Crippen molar-refractivity contribution in [1.82, 2.24) is 31.3 Å². The predicted octanol–water partition coefficient (Wildman–Crippen LogP) is -2.76. The Labute approximate surface area is 159 Å². The monoisotopic (exact) mass is 384 g/mol. The molecular weight excluding hydrogens is 351 g/mol. The highest BCUT2D eigenvalue weighted by molar-refractivity contribution is 5.81. The van der Waals surface area contributed by atoms with Gasteiger partial charge in [0.2, 0.25) is 5.91 Å². The number of likely N-dealkylation sites (tertiary alicyclic amines) is 1. The van der Waals surface area contributed by atoms with Crippen molar-refractivity contribution in [3.63, 3.8) is 0 Å². The SMILES string of the molecule is NC1CCN(C2CCNCC2NC(=O)C2C(N)NN3CC(F)CNC23)CC1. The minimum absolute atomic E-state index is 0.0411. The number of piperidine rings is 2. The van der Waals surface area contributed by atoms with Gasteiger partial charge in [-0.05, 0) is 38.9 Å². The Bertz CT molecular complexity index is 531. The van der Waals surface area contributed by atoms with Crippen molar-refractivity contribution in [2.45, 2.75) is 55.9 Å².